The number of hydrogen-bond donors (Lipinski definition) is 2. The molecule has 2 aromatic heterocycles. The fourth-order valence-corrected chi connectivity index (χ4v) is 3.37. The van der Waals surface area contributed by atoms with Gasteiger partial charge in [-0.05, 0) is 35.2 Å². The van der Waals surface area contributed by atoms with Crippen LogP contribution in [0.25, 0.3) is 22.7 Å². The van der Waals surface area contributed by atoms with Crippen molar-refractivity contribution >= 4 is 39.9 Å². The second-order valence-electron chi connectivity index (χ2n) is 5.84. The quantitative estimate of drug-likeness (QED) is 0.516. The molecule has 2 N–H and O–H groups in total. The van der Waals surface area contributed by atoms with E-state index in [-0.39, 0.29) is 5.91 Å². The predicted molar refractivity (Wildman–Crippen MR) is 107 cm³/mol. The van der Waals surface area contributed by atoms with E-state index in [4.69, 9.17) is 0 Å². The zero-order valence-corrected chi connectivity index (χ0v) is 14.8. The molecule has 128 valence electrons. The van der Waals surface area contributed by atoms with Crippen molar-refractivity contribution in [3.05, 3.63) is 88.4 Å². The third-order valence-electron chi connectivity index (χ3n) is 4.01. The average Bonchev–Trinajstić information content (AvgIpc) is 3.34. The standard InChI is InChI=1S/C21H17N3OS/c25-21(22-14-15-7-2-1-3-8-15)17(13-16-9-6-12-26-16)20-23-18-10-4-5-11-19(18)24-20/h1-13H,14H2,(H,22,25)(H,23,24). The number of nitrogens with zero attached hydrogens (tertiary/aromatic N) is 1. The highest BCUT2D eigenvalue weighted by Gasteiger charge is 2.16. The van der Waals surface area contributed by atoms with Gasteiger partial charge in [0, 0.05) is 11.4 Å². The topological polar surface area (TPSA) is 57.8 Å². The number of para-hydroxylation sites is 2. The molecule has 0 saturated heterocycles. The summed E-state index contributed by atoms with van der Waals surface area (Å²) in [6.07, 6.45) is 1.88. The zero-order chi connectivity index (χ0) is 17.8. The minimum Gasteiger partial charge on any atom is -0.348 e. The number of rotatable bonds is 5. The van der Waals surface area contributed by atoms with E-state index < -0.39 is 0 Å². The fraction of sp³-hybridized carbons (Fsp3) is 0.0476. The third-order valence-corrected chi connectivity index (χ3v) is 4.83. The Kier molecular flexibility index (Phi) is 4.62. The number of thiophene rings is 1. The number of aromatic amines is 1. The molecule has 4 aromatic rings. The van der Waals surface area contributed by atoms with Crippen LogP contribution < -0.4 is 5.32 Å². The van der Waals surface area contributed by atoms with E-state index in [1.54, 1.807) is 11.3 Å². The molecule has 0 saturated carbocycles. The molecular weight excluding hydrogens is 342 g/mol. The minimum atomic E-state index is -0.152. The third kappa shape index (κ3) is 3.58. The van der Waals surface area contributed by atoms with E-state index in [9.17, 15) is 4.79 Å². The number of aromatic nitrogens is 2. The molecule has 0 aliphatic carbocycles. The van der Waals surface area contributed by atoms with Gasteiger partial charge in [0.2, 0.25) is 0 Å². The molecular formula is C21H17N3OS. The lowest BCUT2D eigenvalue weighted by Crippen LogP contribution is -2.24. The summed E-state index contributed by atoms with van der Waals surface area (Å²) in [5.41, 5.74) is 3.34. The Balaban J connectivity index is 1.65. The van der Waals surface area contributed by atoms with Gasteiger partial charge in [-0.25, -0.2) is 4.98 Å². The van der Waals surface area contributed by atoms with Gasteiger partial charge in [-0.2, -0.15) is 0 Å². The largest absolute Gasteiger partial charge is 0.348 e. The Morgan fingerprint density at radius 3 is 2.62 bits per heavy atom. The number of benzene rings is 2. The van der Waals surface area contributed by atoms with Crippen LogP contribution in [0.4, 0.5) is 0 Å². The highest BCUT2D eigenvalue weighted by Crippen LogP contribution is 2.22. The second-order valence-corrected chi connectivity index (χ2v) is 6.82. The molecule has 0 atom stereocenters. The van der Waals surface area contributed by atoms with Crippen molar-refractivity contribution in [1.82, 2.24) is 15.3 Å². The number of amides is 1. The Hall–Kier alpha value is -3.18. The van der Waals surface area contributed by atoms with Crippen LogP contribution in [0.5, 0.6) is 0 Å². The van der Waals surface area contributed by atoms with Crippen molar-refractivity contribution in [1.29, 1.82) is 0 Å². The van der Waals surface area contributed by atoms with Gasteiger partial charge in [-0.15, -0.1) is 11.3 Å². The van der Waals surface area contributed by atoms with Gasteiger partial charge < -0.3 is 10.3 Å². The molecule has 2 aromatic carbocycles. The van der Waals surface area contributed by atoms with Crippen molar-refractivity contribution in [2.75, 3.05) is 0 Å². The molecule has 0 aliphatic rings. The molecule has 2 heterocycles. The molecule has 1 amide bonds. The first-order valence-electron chi connectivity index (χ1n) is 8.32. The van der Waals surface area contributed by atoms with E-state index in [2.05, 4.69) is 15.3 Å². The van der Waals surface area contributed by atoms with Crippen molar-refractivity contribution in [2.24, 2.45) is 0 Å². The number of carbonyl (C=O) groups excluding carboxylic acids is 1. The molecule has 0 unspecified atom stereocenters. The van der Waals surface area contributed by atoms with E-state index in [1.165, 1.54) is 0 Å². The van der Waals surface area contributed by atoms with Crippen LogP contribution in [0.3, 0.4) is 0 Å². The highest BCUT2D eigenvalue weighted by atomic mass is 32.1. The van der Waals surface area contributed by atoms with Crippen LogP contribution in [-0.4, -0.2) is 15.9 Å². The van der Waals surface area contributed by atoms with E-state index in [0.29, 0.717) is 17.9 Å². The average molecular weight is 359 g/mol. The number of H-pyrrole nitrogens is 1. The molecule has 0 bridgehead atoms. The normalized spacial score (nSPS) is 11.6. The summed E-state index contributed by atoms with van der Waals surface area (Å²) in [5.74, 6) is 0.423. The van der Waals surface area contributed by atoms with E-state index in [0.717, 1.165) is 21.5 Å². The van der Waals surface area contributed by atoms with E-state index in [1.807, 2.05) is 78.2 Å². The van der Waals surface area contributed by atoms with Crippen LogP contribution in [0.2, 0.25) is 0 Å². The van der Waals surface area contributed by atoms with Crippen LogP contribution in [0, 0.1) is 0 Å². The molecule has 0 radical (unpaired) electrons. The van der Waals surface area contributed by atoms with Crippen molar-refractivity contribution in [3.63, 3.8) is 0 Å². The number of carbonyl (C=O) groups is 1. The number of hydrogen-bond acceptors (Lipinski definition) is 3. The molecule has 0 spiro atoms. The summed E-state index contributed by atoms with van der Waals surface area (Å²) in [6.45, 7) is 0.474. The molecule has 4 nitrogen and oxygen atoms in total. The first-order valence-corrected chi connectivity index (χ1v) is 9.20. The van der Waals surface area contributed by atoms with E-state index >= 15 is 0 Å². The van der Waals surface area contributed by atoms with Crippen LogP contribution in [-0.2, 0) is 11.3 Å². The Bertz CT molecular complexity index is 1020. The molecule has 4 rings (SSSR count). The highest BCUT2D eigenvalue weighted by molar-refractivity contribution is 7.11. The lowest BCUT2D eigenvalue weighted by Gasteiger charge is -2.07. The maximum absolute atomic E-state index is 12.9. The van der Waals surface area contributed by atoms with Crippen LogP contribution in [0.15, 0.2) is 72.1 Å². The monoisotopic (exact) mass is 359 g/mol. The SMILES string of the molecule is O=C(NCc1ccccc1)C(=Cc1cccs1)c1nc2ccccc2[nH]1. The lowest BCUT2D eigenvalue weighted by molar-refractivity contribution is -0.115. The lowest BCUT2D eigenvalue weighted by atomic mass is 10.2. The fourth-order valence-electron chi connectivity index (χ4n) is 2.71. The van der Waals surface area contributed by atoms with Gasteiger partial charge >= 0.3 is 0 Å². The van der Waals surface area contributed by atoms with Crippen molar-refractivity contribution in [3.8, 4) is 0 Å². The van der Waals surface area contributed by atoms with Crippen LogP contribution in [0.1, 0.15) is 16.3 Å². The van der Waals surface area contributed by atoms with Crippen molar-refractivity contribution in [2.45, 2.75) is 6.54 Å². The number of fused-ring (bicyclic) bond motifs is 1. The molecule has 26 heavy (non-hydrogen) atoms. The first-order chi connectivity index (χ1) is 12.8. The number of nitrogens with one attached hydrogen (secondary N) is 2. The second kappa shape index (κ2) is 7.37. The summed E-state index contributed by atoms with van der Waals surface area (Å²) in [6, 6.07) is 21.6. The first kappa shape index (κ1) is 16.3. The number of imidazole rings is 1. The summed E-state index contributed by atoms with van der Waals surface area (Å²) >= 11 is 1.59. The summed E-state index contributed by atoms with van der Waals surface area (Å²) in [4.78, 5) is 21.7. The van der Waals surface area contributed by atoms with Gasteiger partial charge in [-0.1, -0.05) is 48.5 Å². The summed E-state index contributed by atoms with van der Waals surface area (Å²) in [7, 11) is 0. The van der Waals surface area contributed by atoms with Crippen molar-refractivity contribution < 1.29 is 4.79 Å². The van der Waals surface area contributed by atoms with Gasteiger partial charge in [0.05, 0.1) is 16.6 Å². The smallest absolute Gasteiger partial charge is 0.255 e. The maximum atomic E-state index is 12.9. The Labute approximate surface area is 155 Å². The summed E-state index contributed by atoms with van der Waals surface area (Å²) in [5, 5.41) is 4.98. The van der Waals surface area contributed by atoms with Crippen LogP contribution >= 0.6 is 11.3 Å². The summed E-state index contributed by atoms with van der Waals surface area (Å²) < 4.78 is 0. The minimum absolute atomic E-state index is 0.152. The molecule has 5 heteroatoms. The van der Waals surface area contributed by atoms with Gasteiger partial charge in [0.1, 0.15) is 5.82 Å². The Morgan fingerprint density at radius 2 is 1.85 bits per heavy atom. The predicted octanol–water partition coefficient (Wildman–Crippen LogP) is 4.48. The van der Waals surface area contributed by atoms with Gasteiger partial charge in [0.15, 0.2) is 0 Å². The van der Waals surface area contributed by atoms with Gasteiger partial charge in [0.25, 0.3) is 5.91 Å². The Morgan fingerprint density at radius 1 is 1.04 bits per heavy atom. The molecule has 0 fully saturated rings. The zero-order valence-electron chi connectivity index (χ0n) is 14.0. The molecule has 0 aliphatic heterocycles. The van der Waals surface area contributed by atoms with Gasteiger partial charge in [-0.3, -0.25) is 4.79 Å². The maximum Gasteiger partial charge on any atom is 0.255 e.